The van der Waals surface area contributed by atoms with E-state index in [1.807, 2.05) is 28.0 Å². The van der Waals surface area contributed by atoms with Crippen LogP contribution in [0.3, 0.4) is 0 Å². The number of rotatable bonds is 10. The van der Waals surface area contributed by atoms with Crippen molar-refractivity contribution < 1.29 is 19.4 Å². The number of methoxy groups -OCH3 is 1. The SMILES string of the molecule is COc1c(C)cc(C23CCC(CN(C(=O)C4CCC(CC(=O)O)CC4)c4cc(-c5cnn(C(C)C)c5)ncn4)(CC2)CC3)cc1C. The average Bonchev–Trinajstić information content (AvgIpc) is 3.56. The number of aliphatic carboxylic acids is 1. The lowest BCUT2D eigenvalue weighted by Crippen LogP contribution is -2.52. The van der Waals surface area contributed by atoms with Crippen LogP contribution in [-0.4, -0.2) is 50.4 Å². The zero-order valence-electron chi connectivity index (χ0n) is 28.1. The quantitative estimate of drug-likeness (QED) is 0.249. The Morgan fingerprint density at radius 2 is 1.65 bits per heavy atom. The van der Waals surface area contributed by atoms with Gasteiger partial charge in [-0.2, -0.15) is 5.10 Å². The third kappa shape index (κ3) is 6.29. The van der Waals surface area contributed by atoms with Gasteiger partial charge >= 0.3 is 5.97 Å². The van der Waals surface area contributed by atoms with Crippen molar-refractivity contribution in [1.82, 2.24) is 19.7 Å². The number of hydrogen-bond donors (Lipinski definition) is 1. The molecule has 0 aliphatic heterocycles. The molecule has 3 aromatic rings. The van der Waals surface area contributed by atoms with Crippen LogP contribution in [0, 0.1) is 31.1 Å². The number of carboxylic acids is 1. The molecule has 46 heavy (non-hydrogen) atoms. The monoisotopic (exact) mass is 627 g/mol. The molecule has 0 atom stereocenters. The lowest BCUT2D eigenvalue weighted by atomic mass is 9.51. The second kappa shape index (κ2) is 12.8. The van der Waals surface area contributed by atoms with Crippen LogP contribution in [0.2, 0.25) is 0 Å². The highest BCUT2D eigenvalue weighted by atomic mass is 16.5. The average molecular weight is 628 g/mol. The number of fused-ring (bicyclic) bond motifs is 3. The predicted octanol–water partition coefficient (Wildman–Crippen LogP) is 7.45. The summed E-state index contributed by atoms with van der Waals surface area (Å²) in [7, 11) is 1.75. The van der Waals surface area contributed by atoms with Crippen LogP contribution in [0.1, 0.15) is 107 Å². The Morgan fingerprint density at radius 3 is 2.22 bits per heavy atom. The molecule has 0 radical (unpaired) electrons. The third-order valence-electron chi connectivity index (χ3n) is 11.5. The van der Waals surface area contributed by atoms with Crippen LogP contribution in [0.4, 0.5) is 5.82 Å². The lowest BCUT2D eigenvalue weighted by molar-refractivity contribution is -0.138. The summed E-state index contributed by atoms with van der Waals surface area (Å²) in [5, 5.41) is 13.8. The van der Waals surface area contributed by atoms with Gasteiger partial charge in [-0.3, -0.25) is 19.2 Å². The van der Waals surface area contributed by atoms with Gasteiger partial charge in [0.25, 0.3) is 0 Å². The van der Waals surface area contributed by atoms with Crippen LogP contribution in [0.5, 0.6) is 5.75 Å². The van der Waals surface area contributed by atoms with Crippen molar-refractivity contribution in [1.29, 1.82) is 0 Å². The van der Waals surface area contributed by atoms with E-state index in [1.54, 1.807) is 13.4 Å². The fourth-order valence-corrected chi connectivity index (χ4v) is 8.61. The van der Waals surface area contributed by atoms with Gasteiger partial charge in [-0.25, -0.2) is 9.97 Å². The molecule has 9 heteroatoms. The predicted molar refractivity (Wildman–Crippen MR) is 178 cm³/mol. The van der Waals surface area contributed by atoms with Gasteiger partial charge in [0, 0.05) is 42.8 Å². The van der Waals surface area contributed by atoms with Crippen LogP contribution in [0.15, 0.2) is 36.9 Å². The van der Waals surface area contributed by atoms with Crippen LogP contribution >= 0.6 is 0 Å². The molecule has 1 aromatic carbocycles. The Kier molecular flexibility index (Phi) is 8.96. The van der Waals surface area contributed by atoms with E-state index in [4.69, 9.17) is 9.72 Å². The Bertz CT molecular complexity index is 1540. The molecule has 4 aliphatic rings. The van der Waals surface area contributed by atoms with Gasteiger partial charge in [-0.15, -0.1) is 0 Å². The summed E-state index contributed by atoms with van der Waals surface area (Å²) in [6, 6.07) is 6.86. The highest BCUT2D eigenvalue weighted by Gasteiger charge is 2.51. The molecule has 4 saturated carbocycles. The van der Waals surface area contributed by atoms with E-state index in [0.717, 1.165) is 81.2 Å². The van der Waals surface area contributed by atoms with Gasteiger partial charge in [0.2, 0.25) is 5.91 Å². The third-order valence-corrected chi connectivity index (χ3v) is 11.5. The number of nitrogens with zero attached hydrogens (tertiary/aromatic N) is 5. The summed E-state index contributed by atoms with van der Waals surface area (Å²) in [6.45, 7) is 9.12. The van der Waals surface area contributed by atoms with E-state index < -0.39 is 5.97 Å². The summed E-state index contributed by atoms with van der Waals surface area (Å²) < 4.78 is 7.57. The minimum Gasteiger partial charge on any atom is -0.496 e. The summed E-state index contributed by atoms with van der Waals surface area (Å²) in [4.78, 5) is 37.0. The van der Waals surface area contributed by atoms with E-state index in [-0.39, 0.29) is 41.0 Å². The maximum atomic E-state index is 14.5. The molecular formula is C37H49N5O4. The molecule has 7 rings (SSSR count). The Labute approximate surface area is 272 Å². The number of anilines is 1. The Balaban J connectivity index is 1.26. The van der Waals surface area contributed by atoms with Crippen LogP contribution in [0.25, 0.3) is 11.3 Å². The van der Waals surface area contributed by atoms with E-state index in [0.29, 0.717) is 12.4 Å². The highest BCUT2D eigenvalue weighted by molar-refractivity contribution is 5.94. The fraction of sp³-hybridized carbons (Fsp3) is 0.595. The van der Waals surface area contributed by atoms with Crippen molar-refractivity contribution in [3.05, 3.63) is 53.6 Å². The minimum atomic E-state index is -0.754. The van der Waals surface area contributed by atoms with Crippen molar-refractivity contribution in [3.8, 4) is 17.0 Å². The summed E-state index contributed by atoms with van der Waals surface area (Å²) in [5.41, 5.74) is 5.72. The van der Waals surface area contributed by atoms with Crippen molar-refractivity contribution in [2.75, 3.05) is 18.6 Å². The second-order valence-electron chi connectivity index (χ2n) is 14.7. The van der Waals surface area contributed by atoms with Gasteiger partial charge in [-0.1, -0.05) is 12.1 Å². The van der Waals surface area contributed by atoms with Crippen LogP contribution < -0.4 is 9.64 Å². The second-order valence-corrected chi connectivity index (χ2v) is 14.7. The van der Waals surface area contributed by atoms with Crippen molar-refractivity contribution >= 4 is 17.7 Å². The highest BCUT2D eigenvalue weighted by Crippen LogP contribution is 2.58. The number of hydrogen-bond acceptors (Lipinski definition) is 6. The molecule has 2 aromatic heterocycles. The standard InChI is InChI=1S/C37H49N5O4/c1-24(2)42-21-29(20-40-42)31-19-32(39-23-38-31)41(35(45)28-8-6-27(7-9-28)18-33(43)44)22-36-10-13-37(14-11-36,15-12-36)30-16-25(3)34(46-5)26(4)17-30/h16-17,19-21,23-24,27-28H,6-15,18,22H2,1-5H3,(H,43,44). The van der Waals surface area contributed by atoms with Crippen molar-refractivity contribution in [2.24, 2.45) is 17.3 Å². The number of aryl methyl sites for hydroxylation is 2. The number of carbonyl (C=O) groups excluding carboxylic acids is 1. The molecule has 0 spiro atoms. The zero-order valence-corrected chi connectivity index (χ0v) is 28.1. The molecule has 4 aliphatic carbocycles. The van der Waals surface area contributed by atoms with Gasteiger partial charge in [0.15, 0.2) is 0 Å². The summed E-state index contributed by atoms with van der Waals surface area (Å²) >= 11 is 0. The first-order chi connectivity index (χ1) is 22.0. The number of benzene rings is 1. The first-order valence-electron chi connectivity index (χ1n) is 17.1. The number of amides is 1. The first-order valence-corrected chi connectivity index (χ1v) is 17.1. The minimum absolute atomic E-state index is 0.0438. The number of carboxylic acid groups (broad SMARTS) is 1. The van der Waals surface area contributed by atoms with Gasteiger partial charge in [-0.05, 0) is 125 Å². The van der Waals surface area contributed by atoms with Gasteiger partial charge in [0.1, 0.15) is 17.9 Å². The molecule has 0 saturated heterocycles. The largest absolute Gasteiger partial charge is 0.496 e. The van der Waals surface area contributed by atoms with Gasteiger partial charge < -0.3 is 9.84 Å². The first kappa shape index (κ1) is 32.2. The lowest BCUT2D eigenvalue weighted by Gasteiger charge is -2.55. The van der Waals surface area contributed by atoms with Crippen molar-refractivity contribution in [2.45, 2.75) is 110 Å². The number of ether oxygens (including phenoxy) is 1. The molecule has 2 heterocycles. The van der Waals surface area contributed by atoms with E-state index >= 15 is 0 Å². The van der Waals surface area contributed by atoms with Crippen molar-refractivity contribution in [3.63, 3.8) is 0 Å². The molecule has 1 N–H and O–H groups in total. The molecule has 2 bridgehead atoms. The Morgan fingerprint density at radius 1 is 1.00 bits per heavy atom. The number of carbonyl (C=O) groups is 2. The smallest absolute Gasteiger partial charge is 0.303 e. The molecule has 4 fully saturated rings. The molecule has 0 unspecified atom stereocenters. The molecular weight excluding hydrogens is 578 g/mol. The van der Waals surface area contributed by atoms with E-state index in [1.165, 1.54) is 16.7 Å². The topological polar surface area (TPSA) is 110 Å². The maximum Gasteiger partial charge on any atom is 0.303 e. The normalized spacial score (nSPS) is 25.9. The maximum absolute atomic E-state index is 14.5. The van der Waals surface area contributed by atoms with Crippen LogP contribution in [-0.2, 0) is 15.0 Å². The molecule has 246 valence electrons. The fourth-order valence-electron chi connectivity index (χ4n) is 8.61. The van der Waals surface area contributed by atoms with E-state index in [2.05, 4.69) is 49.9 Å². The molecule has 1 amide bonds. The summed E-state index contributed by atoms with van der Waals surface area (Å²) in [6.07, 6.45) is 15.1. The molecule has 9 nitrogen and oxygen atoms in total. The summed E-state index contributed by atoms with van der Waals surface area (Å²) in [5.74, 6) is 1.02. The zero-order chi connectivity index (χ0) is 32.6. The number of aromatic nitrogens is 4. The van der Waals surface area contributed by atoms with Gasteiger partial charge in [0.05, 0.1) is 19.0 Å². The Hall–Kier alpha value is -3.75. The van der Waals surface area contributed by atoms with E-state index in [9.17, 15) is 14.7 Å².